The molecule has 494 valence electrons. The van der Waals surface area contributed by atoms with Crippen LogP contribution in [0.3, 0.4) is 0 Å². The van der Waals surface area contributed by atoms with Crippen molar-refractivity contribution in [1.29, 1.82) is 0 Å². The SMILES string of the molecule is CCCCC/C=C\C/C=C\CCCCCCCCCC(=O)OCCCCCCCCCCCCCC/C=C\CCCCCCCCCCCCCCCCCC(=O)NC(CO)C(O)/C=C/CCCCCCCCCCCCCCCCCCC. The molecule has 0 aromatic heterocycles. The van der Waals surface area contributed by atoms with E-state index in [-0.39, 0.29) is 18.5 Å². The highest BCUT2D eigenvalue weighted by molar-refractivity contribution is 5.76. The molecule has 3 N–H and O–H groups in total. The predicted molar refractivity (Wildman–Crippen MR) is 370 cm³/mol. The Morgan fingerprint density at radius 1 is 0.333 bits per heavy atom. The van der Waals surface area contributed by atoms with E-state index in [1.165, 1.54) is 334 Å². The van der Waals surface area contributed by atoms with Gasteiger partial charge in [-0.1, -0.05) is 358 Å². The zero-order chi connectivity index (χ0) is 60.6. The van der Waals surface area contributed by atoms with E-state index in [0.717, 1.165) is 51.4 Å². The lowest BCUT2D eigenvalue weighted by Crippen LogP contribution is -2.45. The van der Waals surface area contributed by atoms with Gasteiger partial charge >= 0.3 is 5.97 Å². The van der Waals surface area contributed by atoms with Gasteiger partial charge in [-0.2, -0.15) is 0 Å². The second kappa shape index (κ2) is 73.3. The van der Waals surface area contributed by atoms with Gasteiger partial charge in [-0.05, 0) is 89.9 Å². The van der Waals surface area contributed by atoms with Gasteiger partial charge in [-0.3, -0.25) is 9.59 Å². The van der Waals surface area contributed by atoms with E-state index in [1.807, 2.05) is 6.08 Å². The molecular formula is C78H147NO5. The molecule has 0 bridgehead atoms. The van der Waals surface area contributed by atoms with Gasteiger partial charge in [0.1, 0.15) is 0 Å². The van der Waals surface area contributed by atoms with Crippen LogP contribution in [-0.4, -0.2) is 47.4 Å². The number of esters is 1. The summed E-state index contributed by atoms with van der Waals surface area (Å²) >= 11 is 0. The van der Waals surface area contributed by atoms with Gasteiger partial charge in [-0.15, -0.1) is 0 Å². The molecule has 0 saturated carbocycles. The van der Waals surface area contributed by atoms with E-state index in [9.17, 15) is 19.8 Å². The number of carbonyl (C=O) groups is 2. The summed E-state index contributed by atoms with van der Waals surface area (Å²) in [4.78, 5) is 24.6. The average Bonchev–Trinajstić information content (AvgIpc) is 3.51. The molecule has 0 fully saturated rings. The summed E-state index contributed by atoms with van der Waals surface area (Å²) in [6, 6.07) is -0.628. The minimum Gasteiger partial charge on any atom is -0.466 e. The summed E-state index contributed by atoms with van der Waals surface area (Å²) in [6.07, 6.45) is 96.4. The number of hydrogen-bond acceptors (Lipinski definition) is 5. The molecule has 0 rings (SSSR count). The van der Waals surface area contributed by atoms with Gasteiger partial charge in [-0.25, -0.2) is 0 Å². The maximum atomic E-state index is 12.5. The van der Waals surface area contributed by atoms with Crippen LogP contribution in [-0.2, 0) is 14.3 Å². The molecule has 0 aliphatic rings. The van der Waals surface area contributed by atoms with Crippen LogP contribution in [0.2, 0.25) is 0 Å². The second-order valence-electron chi connectivity index (χ2n) is 26.0. The molecule has 6 heteroatoms. The molecule has 84 heavy (non-hydrogen) atoms. The van der Waals surface area contributed by atoms with Crippen molar-refractivity contribution in [3.8, 4) is 0 Å². The van der Waals surface area contributed by atoms with Crippen molar-refractivity contribution in [2.45, 2.75) is 424 Å². The summed E-state index contributed by atoms with van der Waals surface area (Å²) in [7, 11) is 0. The number of allylic oxidation sites excluding steroid dienone is 7. The van der Waals surface area contributed by atoms with Crippen molar-refractivity contribution in [3.05, 3.63) is 48.6 Å². The van der Waals surface area contributed by atoms with Crippen molar-refractivity contribution in [1.82, 2.24) is 5.32 Å². The topological polar surface area (TPSA) is 95.9 Å². The largest absolute Gasteiger partial charge is 0.466 e. The first kappa shape index (κ1) is 81.8. The maximum absolute atomic E-state index is 12.5. The number of nitrogens with one attached hydrogen (secondary N) is 1. The molecule has 0 aromatic rings. The fourth-order valence-electron chi connectivity index (χ4n) is 11.8. The number of unbranched alkanes of at least 4 members (excludes halogenated alkanes) is 54. The molecule has 0 spiro atoms. The first-order valence-corrected chi connectivity index (χ1v) is 37.9. The third-order valence-electron chi connectivity index (χ3n) is 17.6. The Kier molecular flexibility index (Phi) is 71.4. The quantitative estimate of drug-likeness (QED) is 0.0320. The van der Waals surface area contributed by atoms with Crippen LogP contribution in [0.25, 0.3) is 0 Å². The van der Waals surface area contributed by atoms with Gasteiger partial charge in [0.25, 0.3) is 0 Å². The third-order valence-corrected chi connectivity index (χ3v) is 17.6. The molecule has 6 nitrogen and oxygen atoms in total. The Bertz CT molecular complexity index is 1400. The van der Waals surface area contributed by atoms with Crippen LogP contribution in [0.15, 0.2) is 48.6 Å². The number of ether oxygens (including phenoxy) is 1. The Balaban J connectivity index is 3.38. The van der Waals surface area contributed by atoms with Gasteiger partial charge < -0.3 is 20.3 Å². The minimum atomic E-state index is -0.844. The summed E-state index contributed by atoms with van der Waals surface area (Å²) in [5.74, 6) is -0.0526. The van der Waals surface area contributed by atoms with E-state index in [4.69, 9.17) is 4.74 Å². The number of aliphatic hydroxyl groups excluding tert-OH is 2. The van der Waals surface area contributed by atoms with Gasteiger partial charge in [0, 0.05) is 12.8 Å². The Morgan fingerprint density at radius 3 is 0.940 bits per heavy atom. The molecular weight excluding hydrogens is 1030 g/mol. The molecule has 0 heterocycles. The van der Waals surface area contributed by atoms with E-state index in [2.05, 4.69) is 55.6 Å². The molecule has 2 unspecified atom stereocenters. The van der Waals surface area contributed by atoms with Gasteiger partial charge in [0.2, 0.25) is 5.91 Å². The monoisotopic (exact) mass is 1180 g/mol. The van der Waals surface area contributed by atoms with E-state index in [1.54, 1.807) is 6.08 Å². The first-order valence-electron chi connectivity index (χ1n) is 37.9. The number of rotatable bonds is 71. The lowest BCUT2D eigenvalue weighted by molar-refractivity contribution is -0.143. The highest BCUT2D eigenvalue weighted by Gasteiger charge is 2.18. The van der Waals surface area contributed by atoms with E-state index in [0.29, 0.717) is 19.4 Å². The van der Waals surface area contributed by atoms with Crippen molar-refractivity contribution in [2.75, 3.05) is 13.2 Å². The smallest absolute Gasteiger partial charge is 0.305 e. The van der Waals surface area contributed by atoms with Crippen LogP contribution in [0.4, 0.5) is 0 Å². The van der Waals surface area contributed by atoms with Crippen LogP contribution in [0, 0.1) is 0 Å². The molecule has 0 radical (unpaired) electrons. The van der Waals surface area contributed by atoms with Crippen molar-refractivity contribution >= 4 is 11.9 Å². The van der Waals surface area contributed by atoms with E-state index < -0.39 is 12.1 Å². The Morgan fingerprint density at radius 2 is 0.595 bits per heavy atom. The molecule has 0 aliphatic carbocycles. The van der Waals surface area contributed by atoms with Gasteiger partial charge in [0.05, 0.1) is 25.4 Å². The highest BCUT2D eigenvalue weighted by atomic mass is 16.5. The summed E-state index contributed by atoms with van der Waals surface area (Å²) in [5.41, 5.74) is 0. The number of aliphatic hydroxyl groups is 2. The molecule has 0 aliphatic heterocycles. The summed E-state index contributed by atoms with van der Waals surface area (Å²) < 4.78 is 5.50. The zero-order valence-corrected chi connectivity index (χ0v) is 56.6. The summed E-state index contributed by atoms with van der Waals surface area (Å²) in [6.45, 7) is 4.91. The summed E-state index contributed by atoms with van der Waals surface area (Å²) in [5, 5.41) is 23.2. The van der Waals surface area contributed by atoms with Crippen LogP contribution >= 0.6 is 0 Å². The Labute approximate surface area is 525 Å². The average molecular weight is 1180 g/mol. The van der Waals surface area contributed by atoms with Crippen LogP contribution in [0.1, 0.15) is 412 Å². The number of hydrogen-bond donors (Lipinski definition) is 3. The molecule has 2 atom stereocenters. The fourth-order valence-corrected chi connectivity index (χ4v) is 11.8. The van der Waals surface area contributed by atoms with Crippen molar-refractivity contribution < 1.29 is 24.5 Å². The maximum Gasteiger partial charge on any atom is 0.305 e. The minimum absolute atomic E-state index is 0.00994. The van der Waals surface area contributed by atoms with Crippen LogP contribution < -0.4 is 5.32 Å². The van der Waals surface area contributed by atoms with Crippen molar-refractivity contribution in [3.63, 3.8) is 0 Å². The molecule has 0 aromatic carbocycles. The highest BCUT2D eigenvalue weighted by Crippen LogP contribution is 2.19. The van der Waals surface area contributed by atoms with Crippen molar-refractivity contribution in [2.24, 2.45) is 0 Å². The predicted octanol–water partition coefficient (Wildman–Crippen LogP) is 24.8. The van der Waals surface area contributed by atoms with Crippen LogP contribution in [0.5, 0.6) is 0 Å². The second-order valence-corrected chi connectivity index (χ2v) is 26.0. The lowest BCUT2D eigenvalue weighted by atomic mass is 10.0. The molecule has 0 saturated heterocycles. The lowest BCUT2D eigenvalue weighted by Gasteiger charge is -2.20. The first-order chi connectivity index (χ1) is 41.5. The van der Waals surface area contributed by atoms with E-state index >= 15 is 0 Å². The number of amides is 1. The zero-order valence-electron chi connectivity index (χ0n) is 56.6. The third kappa shape index (κ3) is 68.9. The number of carbonyl (C=O) groups excluding carboxylic acids is 2. The molecule has 1 amide bonds. The Hall–Kier alpha value is -2.18. The fraction of sp³-hybridized carbons (Fsp3) is 0.872. The van der Waals surface area contributed by atoms with Gasteiger partial charge in [0.15, 0.2) is 0 Å². The standard InChI is InChI=1S/C78H147NO5/c1-3-5-7-9-11-13-15-17-19-21-35-39-42-46-50-54-58-62-66-70-76(81)75(74-80)79-77(82)71-67-63-59-55-51-47-43-40-36-33-31-29-27-25-23-22-24-26-28-30-32-34-37-41-45-49-53-57-61-65-69-73-84-78(83)72-68-64-60-56-52-48-44-38-20-18-16-14-12-10-8-6-4-2/h12,14,18,20,24,26,66,70,75-76,80-81H,3-11,13,15-17,19,21-23,25,27-65,67-69,71-74H2,1-2H3,(H,79,82)/b14-12-,20-18-,26-24-,70-66+. The normalized spacial score (nSPS) is 12.8.